The van der Waals surface area contributed by atoms with Gasteiger partial charge in [-0.05, 0) is 129 Å². The van der Waals surface area contributed by atoms with E-state index < -0.39 is 88.8 Å². The van der Waals surface area contributed by atoms with Gasteiger partial charge in [-0.15, -0.1) is 52.7 Å². The van der Waals surface area contributed by atoms with Crippen LogP contribution in [0.2, 0.25) is 0 Å². The maximum Gasteiger partial charge on any atom is 0.573 e. The molecule has 0 radical (unpaired) electrons. The lowest BCUT2D eigenvalue weighted by molar-refractivity contribution is -0.275. The van der Waals surface area contributed by atoms with Crippen molar-refractivity contribution in [3.8, 4) is 90.3 Å². The van der Waals surface area contributed by atoms with E-state index in [0.717, 1.165) is 54.1 Å². The summed E-state index contributed by atoms with van der Waals surface area (Å²) in [5, 5.41) is 26.9. The monoisotopic (exact) mass is 1770 g/mol. The number of alkyl halides is 12. The lowest BCUT2D eigenvalue weighted by Gasteiger charge is -2.15. The Labute approximate surface area is 709 Å². The fourth-order valence-corrected chi connectivity index (χ4v) is 11.9. The highest BCUT2D eigenvalue weighted by molar-refractivity contribution is 6.06. The van der Waals surface area contributed by atoms with Crippen LogP contribution >= 0.6 is 0 Å². The van der Waals surface area contributed by atoms with Crippen molar-refractivity contribution in [2.75, 3.05) is 21.3 Å². The predicted molar refractivity (Wildman–Crippen MR) is 438 cm³/mol. The maximum atomic E-state index is 12.8. The number of aromatic nitrogens is 12. The first-order valence-corrected chi connectivity index (χ1v) is 37.1. The van der Waals surface area contributed by atoms with Gasteiger partial charge in [-0.1, -0.05) is 48.5 Å². The lowest BCUT2D eigenvalue weighted by Crippen LogP contribution is -2.22. The zero-order chi connectivity index (χ0) is 91.8. The van der Waals surface area contributed by atoms with Crippen LogP contribution in [-0.2, 0) is 49.1 Å². The number of nitrogens with one attached hydrogen (secondary N) is 4. The minimum Gasteiger partial charge on any atom is -0.447 e. The minimum atomic E-state index is -4.83. The Kier molecular flexibility index (Phi) is 28.3. The van der Waals surface area contributed by atoms with E-state index in [-0.39, 0.29) is 35.7 Å². The van der Waals surface area contributed by atoms with E-state index in [1.54, 1.807) is 153 Å². The van der Waals surface area contributed by atoms with Crippen LogP contribution in [-0.4, -0.2) is 113 Å². The molecule has 127 heavy (non-hydrogen) atoms. The molecule has 0 unspecified atom stereocenters. The van der Waals surface area contributed by atoms with Gasteiger partial charge in [-0.25, -0.2) is 9.59 Å². The second-order valence-corrected chi connectivity index (χ2v) is 27.3. The zero-order valence-electron chi connectivity index (χ0n) is 67.2. The molecule has 8 heterocycles. The molecule has 42 heteroatoms. The Morgan fingerprint density at radius 3 is 0.882 bits per heavy atom. The molecule has 4 N–H and O–H groups in total. The summed E-state index contributed by atoms with van der Waals surface area (Å²) in [7, 11) is 6.86. The highest BCUT2D eigenvalue weighted by Gasteiger charge is 2.34. The summed E-state index contributed by atoms with van der Waals surface area (Å²) in [5.74, 6) is -2.37. The molecule has 0 atom stereocenters. The second kappa shape index (κ2) is 39.3. The van der Waals surface area contributed by atoms with Crippen molar-refractivity contribution in [1.82, 2.24) is 57.4 Å². The van der Waals surface area contributed by atoms with Crippen LogP contribution in [0.4, 0.5) is 85.0 Å². The molecule has 0 saturated heterocycles. The van der Waals surface area contributed by atoms with Crippen LogP contribution < -0.4 is 62.5 Å². The molecular formula is C85H70F12N16O14. The highest BCUT2D eigenvalue weighted by Crippen LogP contribution is 2.35. The molecule has 0 saturated carbocycles. The van der Waals surface area contributed by atoms with Crippen molar-refractivity contribution in [2.24, 2.45) is 28.2 Å². The fourth-order valence-electron chi connectivity index (χ4n) is 11.9. The number of benzene rings is 6. The summed E-state index contributed by atoms with van der Waals surface area (Å²) in [6.07, 6.45) is -2.18. The zero-order valence-corrected chi connectivity index (χ0v) is 67.2. The number of aryl methyl sites for hydroxylation is 4. The van der Waals surface area contributed by atoms with Crippen molar-refractivity contribution >= 4 is 46.8 Å². The molecule has 4 amide bonds. The Balaban J connectivity index is 0.000000165. The van der Waals surface area contributed by atoms with Gasteiger partial charge < -0.3 is 39.1 Å². The van der Waals surface area contributed by atoms with Crippen molar-refractivity contribution in [3.63, 3.8) is 0 Å². The van der Waals surface area contributed by atoms with Crippen LogP contribution in [0.25, 0.3) is 67.3 Å². The van der Waals surface area contributed by atoms with Crippen LogP contribution in [0.3, 0.4) is 0 Å². The number of hydrogen-bond donors (Lipinski definition) is 4. The third kappa shape index (κ3) is 26.2. The van der Waals surface area contributed by atoms with Gasteiger partial charge >= 0.3 is 37.6 Å². The number of nitrogens with zero attached hydrogens (tertiary/aromatic N) is 12. The van der Waals surface area contributed by atoms with E-state index in [2.05, 4.69) is 60.6 Å². The molecule has 658 valence electrons. The molecule has 6 aromatic carbocycles. The summed E-state index contributed by atoms with van der Waals surface area (Å²) in [6.45, 7) is 4.73. The standard InChI is InChI=1S/C24H19F3N4O4.C23H17F3N4O3.C20H19F3N4O4.C18H15F3N4O3/c1-30-13-17(12-28-30)20-14-31(18-7-9-19(10-8-18)35-24(25,26)27)22(32)11-21(20)29-23(33)34-15-16-5-3-2-4-6-16;1-29-13-16(12-27-29)19-14-30(17-7-9-18(10-8-17)33-23(24,25)26)21(31)11-20(19)28-22(32)15-5-3-2-4-6-15;1-12(2)30-19(29)25-17-8-18(28)27(11-16(17)13-9-24-26(3)10-13)14-4-6-15(7-5-14)31-20(21,22)23;1-11(26)23-16-7-17(27)25(10-15(16)12-8-22-24(2)9-12)13-3-5-14(6-4-13)28-18(19,20)21/h2-14H,15H2,1H3,(H,29,33);2-14H,1H3,(H,28,32);4-12H,1-3H3,(H,25,29);3-10H,1-2H3,(H,23,26). The van der Waals surface area contributed by atoms with Gasteiger partial charge in [0.05, 0.1) is 53.6 Å². The molecule has 14 rings (SSSR count). The average Bonchev–Trinajstić information content (AvgIpc) is 1.78. The second-order valence-electron chi connectivity index (χ2n) is 27.3. The minimum absolute atomic E-state index is 0.0400. The largest absolute Gasteiger partial charge is 0.573 e. The number of amides is 4. The average molecular weight is 1770 g/mol. The molecule has 0 fully saturated rings. The van der Waals surface area contributed by atoms with Gasteiger partial charge in [-0.3, -0.25) is 76.4 Å². The third-order valence-electron chi connectivity index (χ3n) is 17.3. The fraction of sp³-hybridized carbons (Fsp3) is 0.153. The van der Waals surface area contributed by atoms with Crippen LogP contribution in [0.15, 0.2) is 276 Å². The van der Waals surface area contributed by atoms with Crippen LogP contribution in [0.1, 0.15) is 36.7 Å². The van der Waals surface area contributed by atoms with E-state index in [1.165, 1.54) is 123 Å². The molecule has 8 aromatic heterocycles. The summed E-state index contributed by atoms with van der Waals surface area (Å²) in [4.78, 5) is 99.5. The maximum absolute atomic E-state index is 12.8. The van der Waals surface area contributed by atoms with E-state index >= 15 is 0 Å². The summed E-state index contributed by atoms with van der Waals surface area (Å²) in [5.41, 5.74) is 5.86. The van der Waals surface area contributed by atoms with Crippen molar-refractivity contribution < 1.29 is 100 Å². The third-order valence-corrected chi connectivity index (χ3v) is 17.3. The van der Waals surface area contributed by atoms with E-state index in [4.69, 9.17) is 9.47 Å². The quantitative estimate of drug-likeness (QED) is 0.0515. The van der Waals surface area contributed by atoms with E-state index in [9.17, 15) is 91.0 Å². The predicted octanol–water partition coefficient (Wildman–Crippen LogP) is 16.5. The van der Waals surface area contributed by atoms with Crippen LogP contribution in [0.5, 0.6) is 23.0 Å². The summed E-state index contributed by atoms with van der Waals surface area (Å²) in [6, 6.07) is 41.9. The van der Waals surface area contributed by atoms with Crippen molar-refractivity contribution in [3.05, 3.63) is 309 Å². The number of carbonyl (C=O) groups is 4. The van der Waals surface area contributed by atoms with Gasteiger partial charge in [0.15, 0.2) is 0 Å². The van der Waals surface area contributed by atoms with Crippen LogP contribution in [0, 0.1) is 0 Å². The smallest absolute Gasteiger partial charge is 0.447 e. The number of pyridine rings is 4. The first-order chi connectivity index (χ1) is 60.0. The van der Waals surface area contributed by atoms with Gasteiger partial charge in [0.25, 0.3) is 28.1 Å². The van der Waals surface area contributed by atoms with Gasteiger partial charge in [-0.2, -0.15) is 20.4 Å². The number of hydrogen-bond acceptors (Lipinski definition) is 18. The molecular weight excluding hydrogens is 1700 g/mol. The number of halogens is 12. The van der Waals surface area contributed by atoms with Gasteiger partial charge in [0, 0.05) is 182 Å². The normalized spacial score (nSPS) is 11.3. The molecule has 0 aliphatic carbocycles. The van der Waals surface area contributed by atoms with E-state index in [1.807, 2.05) is 18.2 Å². The Hall–Kier alpha value is -16.2. The highest BCUT2D eigenvalue weighted by atomic mass is 19.4. The number of carbonyl (C=O) groups excluding carboxylic acids is 4. The SMILES string of the molecule is CC(=O)Nc1cc(=O)n(-c2ccc(OC(F)(F)F)cc2)cc1-c1cnn(C)c1.CC(C)OC(=O)Nc1cc(=O)n(-c2ccc(OC(F)(F)F)cc2)cc1-c1cnn(C)c1.Cn1cc(-c2cn(-c3ccc(OC(F)(F)F)cc3)c(=O)cc2NC(=O)OCc2ccccc2)cn1.Cn1cc(-c2cn(-c3ccc(OC(F)(F)F)cc3)c(=O)cc2NC(=O)c2ccccc2)cn1. The first-order valence-electron chi connectivity index (χ1n) is 37.1. The molecule has 14 aromatic rings. The molecule has 0 bridgehead atoms. The Bertz CT molecular complexity index is 6480. The lowest BCUT2D eigenvalue weighted by atomic mass is 10.1. The Morgan fingerprint density at radius 2 is 0.622 bits per heavy atom. The topological polar surface area (TPSA) is 331 Å². The Morgan fingerprint density at radius 1 is 0.354 bits per heavy atom. The first kappa shape index (κ1) is 91.5. The summed E-state index contributed by atoms with van der Waals surface area (Å²) >= 11 is 0. The van der Waals surface area contributed by atoms with Gasteiger partial charge in [0.1, 0.15) is 29.6 Å². The molecule has 30 nitrogen and oxygen atoms in total. The number of ether oxygens (including phenoxy) is 6. The number of rotatable bonds is 20. The molecule has 0 aliphatic heterocycles. The van der Waals surface area contributed by atoms with Gasteiger partial charge in [0.2, 0.25) is 5.91 Å². The van der Waals surface area contributed by atoms with E-state index in [0.29, 0.717) is 78.5 Å². The van der Waals surface area contributed by atoms with Crippen molar-refractivity contribution in [1.29, 1.82) is 0 Å². The van der Waals surface area contributed by atoms with Crippen molar-refractivity contribution in [2.45, 2.75) is 58.9 Å². The number of anilines is 4. The molecule has 0 spiro atoms. The summed E-state index contributed by atoms with van der Waals surface area (Å²) < 4.78 is 186. The molecule has 0 aliphatic rings.